The summed E-state index contributed by atoms with van der Waals surface area (Å²) in [5.41, 5.74) is 0.760. The lowest BCUT2D eigenvalue weighted by atomic mass is 10.2. The quantitative estimate of drug-likeness (QED) is 0.511. The van der Waals surface area contributed by atoms with Gasteiger partial charge < -0.3 is 23.2 Å². The lowest BCUT2D eigenvalue weighted by Crippen LogP contribution is -2.28. The number of methoxy groups -OCH3 is 1. The summed E-state index contributed by atoms with van der Waals surface area (Å²) >= 11 is 0. The molecule has 0 aliphatic carbocycles. The van der Waals surface area contributed by atoms with Crippen molar-refractivity contribution in [2.24, 2.45) is 0 Å². The molecule has 0 atom stereocenters. The van der Waals surface area contributed by atoms with Crippen LogP contribution in [0.15, 0.2) is 69.9 Å². The van der Waals surface area contributed by atoms with E-state index in [1.54, 1.807) is 53.8 Å². The molecule has 2 heterocycles. The molecule has 0 N–H and O–H groups in total. The molecule has 0 saturated carbocycles. The van der Waals surface area contributed by atoms with Gasteiger partial charge in [-0.3, -0.25) is 4.79 Å². The average molecular weight is 392 g/mol. The minimum absolute atomic E-state index is 0.0709. The van der Waals surface area contributed by atoms with Crippen LogP contribution in [0.3, 0.4) is 0 Å². The highest BCUT2D eigenvalue weighted by atomic mass is 16.5. The van der Waals surface area contributed by atoms with Crippen LogP contribution in [-0.2, 0) is 17.9 Å². The first kappa shape index (κ1) is 19.8. The van der Waals surface area contributed by atoms with E-state index in [1.165, 1.54) is 13.2 Å². The highest BCUT2D eigenvalue weighted by Crippen LogP contribution is 2.28. The Morgan fingerprint density at radius 3 is 2.34 bits per heavy atom. The topological polar surface area (TPSA) is 88.8 Å². The van der Waals surface area contributed by atoms with E-state index in [-0.39, 0.29) is 12.5 Å². The summed E-state index contributed by atoms with van der Waals surface area (Å²) in [5.74, 6) is 2.12. The fraction of sp³-hybridized carbons (Fsp3) is 0.182. The first-order chi connectivity index (χ1) is 14.2. The van der Waals surface area contributed by atoms with E-state index in [0.29, 0.717) is 36.1 Å². The van der Waals surface area contributed by atoms with Crippen LogP contribution in [0.4, 0.5) is 0 Å². The summed E-state index contributed by atoms with van der Waals surface area (Å²) in [4.78, 5) is 14.4. The number of rotatable bonds is 9. The minimum atomic E-state index is -0.193. The van der Waals surface area contributed by atoms with Gasteiger partial charge in [0.05, 0.1) is 32.7 Å². The third-order valence-electron chi connectivity index (χ3n) is 4.06. The number of nitrogens with zero attached hydrogens (tertiary/aromatic N) is 2. The van der Waals surface area contributed by atoms with Crippen LogP contribution in [0.2, 0.25) is 0 Å². The average Bonchev–Trinajstić information content (AvgIpc) is 3.44. The zero-order valence-corrected chi connectivity index (χ0v) is 15.9. The van der Waals surface area contributed by atoms with Gasteiger partial charge in [0, 0.05) is 6.08 Å². The minimum Gasteiger partial charge on any atom is -0.493 e. The molecule has 0 saturated heterocycles. The van der Waals surface area contributed by atoms with Crippen molar-refractivity contribution in [3.63, 3.8) is 0 Å². The Balaban J connectivity index is 1.74. The number of carbonyl (C=O) groups is 1. The molecular formula is C22H20N2O5. The Bertz CT molecular complexity index is 949. The maximum atomic E-state index is 12.8. The van der Waals surface area contributed by atoms with Crippen LogP contribution in [0.5, 0.6) is 11.5 Å². The van der Waals surface area contributed by atoms with E-state index >= 15 is 0 Å². The molecule has 0 aliphatic rings. The second-order valence-electron chi connectivity index (χ2n) is 6.04. The van der Waals surface area contributed by atoms with Crippen molar-refractivity contribution in [3.8, 4) is 17.6 Å². The van der Waals surface area contributed by atoms with Crippen molar-refractivity contribution in [3.05, 3.63) is 78.2 Å². The normalized spacial score (nSPS) is 10.6. The van der Waals surface area contributed by atoms with Gasteiger partial charge in [0.1, 0.15) is 17.6 Å². The van der Waals surface area contributed by atoms with E-state index in [1.807, 2.05) is 18.2 Å². The number of furan rings is 2. The van der Waals surface area contributed by atoms with Crippen LogP contribution < -0.4 is 9.47 Å². The van der Waals surface area contributed by atoms with Gasteiger partial charge in [0.25, 0.3) is 0 Å². The van der Waals surface area contributed by atoms with Crippen LogP contribution in [0, 0.1) is 11.3 Å². The van der Waals surface area contributed by atoms with Gasteiger partial charge in [-0.1, -0.05) is 6.07 Å². The monoisotopic (exact) mass is 392 g/mol. The molecule has 7 nitrogen and oxygen atoms in total. The number of hydrogen-bond acceptors (Lipinski definition) is 6. The van der Waals surface area contributed by atoms with E-state index < -0.39 is 0 Å². The maximum absolute atomic E-state index is 12.8. The molecule has 1 amide bonds. The van der Waals surface area contributed by atoms with Crippen LogP contribution in [0.1, 0.15) is 17.1 Å². The molecule has 0 spiro atoms. The number of benzene rings is 1. The smallest absolute Gasteiger partial charge is 0.247 e. The molecule has 148 valence electrons. The highest BCUT2D eigenvalue weighted by Gasteiger charge is 2.15. The van der Waals surface area contributed by atoms with E-state index in [2.05, 4.69) is 0 Å². The van der Waals surface area contributed by atoms with E-state index in [9.17, 15) is 4.79 Å². The van der Waals surface area contributed by atoms with Gasteiger partial charge in [-0.2, -0.15) is 5.26 Å². The van der Waals surface area contributed by atoms with E-state index in [0.717, 1.165) is 5.56 Å². The van der Waals surface area contributed by atoms with Crippen molar-refractivity contribution in [2.75, 3.05) is 13.7 Å². The molecule has 2 aromatic heterocycles. The molecule has 1 aromatic carbocycles. The summed E-state index contributed by atoms with van der Waals surface area (Å²) in [6, 6.07) is 14.3. The SMILES string of the molecule is COc1cc(/C=C/C(=O)N(Cc2ccco2)Cc2ccco2)ccc1OCC#N. The zero-order chi connectivity index (χ0) is 20.5. The molecule has 0 radical (unpaired) electrons. The molecule has 29 heavy (non-hydrogen) atoms. The lowest BCUT2D eigenvalue weighted by Gasteiger charge is -2.18. The third kappa shape index (κ3) is 5.53. The number of carbonyl (C=O) groups excluding carboxylic acids is 1. The summed E-state index contributed by atoms with van der Waals surface area (Å²) < 4.78 is 21.3. The van der Waals surface area contributed by atoms with Crippen molar-refractivity contribution in [1.82, 2.24) is 4.90 Å². The summed E-state index contributed by atoms with van der Waals surface area (Å²) in [7, 11) is 1.52. The molecular weight excluding hydrogens is 372 g/mol. The van der Waals surface area contributed by atoms with Crippen LogP contribution in [-0.4, -0.2) is 24.5 Å². The second-order valence-corrected chi connectivity index (χ2v) is 6.04. The standard InChI is InChI=1S/C22H20N2O5/c1-26-21-14-17(6-8-20(21)29-13-10-23)7-9-22(25)24(15-18-4-2-11-27-18)16-19-5-3-12-28-19/h2-9,11-12,14H,13,15-16H2,1H3/b9-7+. The van der Waals surface area contributed by atoms with Gasteiger partial charge in [-0.05, 0) is 48.0 Å². The van der Waals surface area contributed by atoms with E-state index in [4.69, 9.17) is 23.6 Å². The summed E-state index contributed by atoms with van der Waals surface area (Å²) in [6.07, 6.45) is 6.32. The van der Waals surface area contributed by atoms with Crippen molar-refractivity contribution in [1.29, 1.82) is 5.26 Å². The molecule has 0 bridgehead atoms. The number of amides is 1. The van der Waals surface area contributed by atoms with Crippen molar-refractivity contribution in [2.45, 2.75) is 13.1 Å². The van der Waals surface area contributed by atoms with Crippen molar-refractivity contribution < 1.29 is 23.1 Å². The van der Waals surface area contributed by atoms with Crippen LogP contribution in [0.25, 0.3) is 6.08 Å². The molecule has 0 unspecified atom stereocenters. The molecule has 0 fully saturated rings. The number of nitriles is 1. The second kappa shape index (κ2) is 9.85. The molecule has 7 heteroatoms. The predicted octanol–water partition coefficient (Wildman–Crippen LogP) is 4.03. The predicted molar refractivity (Wildman–Crippen MR) is 105 cm³/mol. The Morgan fingerprint density at radius 1 is 1.10 bits per heavy atom. The fourth-order valence-electron chi connectivity index (χ4n) is 2.68. The Kier molecular flexibility index (Phi) is 6.74. The van der Waals surface area contributed by atoms with Gasteiger partial charge in [-0.15, -0.1) is 0 Å². The van der Waals surface area contributed by atoms with Gasteiger partial charge in [0.15, 0.2) is 18.1 Å². The summed E-state index contributed by atoms with van der Waals surface area (Å²) in [6.45, 7) is 0.570. The molecule has 3 aromatic rings. The number of ether oxygens (including phenoxy) is 2. The van der Waals surface area contributed by atoms with Gasteiger partial charge >= 0.3 is 0 Å². The molecule has 0 aliphatic heterocycles. The lowest BCUT2D eigenvalue weighted by molar-refractivity contribution is -0.127. The third-order valence-corrected chi connectivity index (χ3v) is 4.06. The largest absolute Gasteiger partial charge is 0.493 e. The molecule has 3 rings (SSSR count). The first-order valence-electron chi connectivity index (χ1n) is 8.89. The van der Waals surface area contributed by atoms with Gasteiger partial charge in [-0.25, -0.2) is 0 Å². The Labute approximate surface area is 168 Å². The van der Waals surface area contributed by atoms with Crippen LogP contribution >= 0.6 is 0 Å². The summed E-state index contributed by atoms with van der Waals surface area (Å²) in [5, 5.41) is 8.64. The zero-order valence-electron chi connectivity index (χ0n) is 15.9. The number of hydrogen-bond donors (Lipinski definition) is 0. The maximum Gasteiger partial charge on any atom is 0.247 e. The van der Waals surface area contributed by atoms with Crippen molar-refractivity contribution >= 4 is 12.0 Å². The van der Waals surface area contributed by atoms with Gasteiger partial charge in [0.2, 0.25) is 5.91 Å². The fourth-order valence-corrected chi connectivity index (χ4v) is 2.68. The Hall–Kier alpha value is -3.92. The highest BCUT2D eigenvalue weighted by molar-refractivity contribution is 5.91. The first-order valence-corrected chi connectivity index (χ1v) is 8.89. The Morgan fingerprint density at radius 2 is 1.79 bits per heavy atom.